The van der Waals surface area contributed by atoms with Crippen molar-refractivity contribution >= 4 is 17.5 Å². The Hall–Kier alpha value is -1.37. The second-order valence-corrected chi connectivity index (χ2v) is 2.82. The molecular formula is C11H13N. The molecule has 0 heterocycles. The van der Waals surface area contributed by atoms with Crippen molar-refractivity contribution in [1.29, 1.82) is 0 Å². The zero-order chi connectivity index (χ0) is 8.97. The van der Waals surface area contributed by atoms with Gasteiger partial charge in [0.1, 0.15) is 0 Å². The Kier molecular flexibility index (Phi) is 2.81. The van der Waals surface area contributed by atoms with Crippen molar-refractivity contribution in [3.8, 4) is 0 Å². The van der Waals surface area contributed by atoms with Gasteiger partial charge in [0.05, 0.1) is 5.69 Å². The van der Waals surface area contributed by atoms with E-state index in [4.69, 9.17) is 0 Å². The van der Waals surface area contributed by atoms with Gasteiger partial charge in [-0.05, 0) is 25.5 Å². The number of benzene rings is 1. The van der Waals surface area contributed by atoms with Gasteiger partial charge in [0.2, 0.25) is 0 Å². The SMILES string of the molecule is C=Cc1ccccc1N=C(C)C. The molecule has 62 valence electrons. The molecule has 0 saturated heterocycles. The van der Waals surface area contributed by atoms with E-state index in [9.17, 15) is 0 Å². The lowest BCUT2D eigenvalue weighted by molar-refractivity contribution is 1.46. The normalized spacial score (nSPS) is 9.17. The van der Waals surface area contributed by atoms with Crippen molar-refractivity contribution < 1.29 is 0 Å². The lowest BCUT2D eigenvalue weighted by Gasteiger charge is -1.99. The summed E-state index contributed by atoms with van der Waals surface area (Å²) in [5.41, 5.74) is 3.13. The molecule has 0 atom stereocenters. The summed E-state index contributed by atoms with van der Waals surface area (Å²) in [5, 5.41) is 0. The Morgan fingerprint density at radius 3 is 2.58 bits per heavy atom. The molecule has 0 aliphatic carbocycles. The third-order valence-corrected chi connectivity index (χ3v) is 1.50. The topological polar surface area (TPSA) is 12.4 Å². The van der Waals surface area contributed by atoms with E-state index in [1.165, 1.54) is 0 Å². The largest absolute Gasteiger partial charge is 0.258 e. The monoisotopic (exact) mass is 159 g/mol. The lowest BCUT2D eigenvalue weighted by Crippen LogP contribution is -1.80. The minimum atomic E-state index is 0.993. The standard InChI is InChI=1S/C11H13N/c1-4-10-7-5-6-8-11(10)12-9(2)3/h4-8H,1H2,2-3H3. The first-order valence-electron chi connectivity index (χ1n) is 3.97. The zero-order valence-corrected chi connectivity index (χ0v) is 7.54. The van der Waals surface area contributed by atoms with Crippen molar-refractivity contribution in [2.45, 2.75) is 13.8 Å². The van der Waals surface area contributed by atoms with Crippen LogP contribution in [0.15, 0.2) is 35.8 Å². The van der Waals surface area contributed by atoms with Crippen molar-refractivity contribution in [2.75, 3.05) is 0 Å². The predicted octanol–water partition coefficient (Wildman–Crippen LogP) is 3.44. The van der Waals surface area contributed by atoms with E-state index in [1.807, 2.05) is 44.2 Å². The molecule has 0 aliphatic heterocycles. The van der Waals surface area contributed by atoms with Crippen LogP contribution in [0, 0.1) is 0 Å². The lowest BCUT2D eigenvalue weighted by atomic mass is 10.2. The van der Waals surface area contributed by atoms with Crippen LogP contribution in [0.3, 0.4) is 0 Å². The highest BCUT2D eigenvalue weighted by molar-refractivity contribution is 5.83. The van der Waals surface area contributed by atoms with Gasteiger partial charge in [-0.3, -0.25) is 4.99 Å². The van der Waals surface area contributed by atoms with Crippen molar-refractivity contribution in [3.63, 3.8) is 0 Å². The molecule has 0 aliphatic rings. The molecule has 0 saturated carbocycles. The fourth-order valence-electron chi connectivity index (χ4n) is 1.00. The highest BCUT2D eigenvalue weighted by atomic mass is 14.7. The maximum absolute atomic E-state index is 4.38. The van der Waals surface area contributed by atoms with Gasteiger partial charge < -0.3 is 0 Å². The molecule has 1 aromatic rings. The molecular weight excluding hydrogens is 146 g/mol. The number of para-hydroxylation sites is 1. The Morgan fingerprint density at radius 1 is 1.33 bits per heavy atom. The average molecular weight is 159 g/mol. The van der Waals surface area contributed by atoms with Gasteiger partial charge in [0.25, 0.3) is 0 Å². The first kappa shape index (κ1) is 8.72. The Bertz CT molecular complexity index is 307. The van der Waals surface area contributed by atoms with E-state index in [0.29, 0.717) is 0 Å². The van der Waals surface area contributed by atoms with Crippen molar-refractivity contribution in [2.24, 2.45) is 4.99 Å². The van der Waals surface area contributed by atoms with E-state index < -0.39 is 0 Å². The van der Waals surface area contributed by atoms with E-state index in [0.717, 1.165) is 17.0 Å². The molecule has 1 rings (SSSR count). The molecule has 1 aromatic carbocycles. The molecule has 0 N–H and O–H groups in total. The Morgan fingerprint density at radius 2 is 2.00 bits per heavy atom. The van der Waals surface area contributed by atoms with Gasteiger partial charge in [0, 0.05) is 5.71 Å². The number of hydrogen-bond donors (Lipinski definition) is 0. The minimum absolute atomic E-state index is 0.993. The fraction of sp³-hybridized carbons (Fsp3) is 0.182. The molecule has 0 fully saturated rings. The maximum atomic E-state index is 4.38. The minimum Gasteiger partial charge on any atom is -0.258 e. The van der Waals surface area contributed by atoms with E-state index in [-0.39, 0.29) is 0 Å². The van der Waals surface area contributed by atoms with Crippen molar-refractivity contribution in [1.82, 2.24) is 0 Å². The van der Waals surface area contributed by atoms with Crippen LogP contribution in [0.5, 0.6) is 0 Å². The quantitative estimate of drug-likeness (QED) is 0.586. The summed E-state index contributed by atoms with van der Waals surface area (Å²) in [6, 6.07) is 7.97. The number of hydrogen-bond acceptors (Lipinski definition) is 1. The number of aliphatic imine (C=N–C) groups is 1. The second kappa shape index (κ2) is 3.86. The molecule has 0 radical (unpaired) electrons. The smallest absolute Gasteiger partial charge is 0.0700 e. The van der Waals surface area contributed by atoms with Gasteiger partial charge in [-0.15, -0.1) is 0 Å². The van der Waals surface area contributed by atoms with Crippen LogP contribution in [0.1, 0.15) is 19.4 Å². The van der Waals surface area contributed by atoms with Gasteiger partial charge in [-0.2, -0.15) is 0 Å². The van der Waals surface area contributed by atoms with Crippen LogP contribution in [0.2, 0.25) is 0 Å². The van der Waals surface area contributed by atoms with Gasteiger partial charge in [-0.25, -0.2) is 0 Å². The second-order valence-electron chi connectivity index (χ2n) is 2.82. The van der Waals surface area contributed by atoms with Gasteiger partial charge >= 0.3 is 0 Å². The Balaban J connectivity index is 3.14. The highest BCUT2D eigenvalue weighted by Gasteiger charge is 1.93. The molecule has 1 heteroatoms. The fourth-order valence-corrected chi connectivity index (χ4v) is 1.00. The summed E-state index contributed by atoms with van der Waals surface area (Å²) in [6.07, 6.45) is 1.82. The summed E-state index contributed by atoms with van der Waals surface area (Å²) < 4.78 is 0. The summed E-state index contributed by atoms with van der Waals surface area (Å²) in [5.74, 6) is 0. The molecule has 12 heavy (non-hydrogen) atoms. The van der Waals surface area contributed by atoms with Crippen LogP contribution in [0.4, 0.5) is 5.69 Å². The maximum Gasteiger partial charge on any atom is 0.0700 e. The summed E-state index contributed by atoms with van der Waals surface area (Å²) in [6.45, 7) is 7.70. The van der Waals surface area contributed by atoms with Crippen molar-refractivity contribution in [3.05, 3.63) is 36.4 Å². The van der Waals surface area contributed by atoms with E-state index in [2.05, 4.69) is 11.6 Å². The van der Waals surface area contributed by atoms with E-state index in [1.54, 1.807) is 0 Å². The first-order valence-corrected chi connectivity index (χ1v) is 3.97. The third-order valence-electron chi connectivity index (χ3n) is 1.50. The summed E-state index contributed by atoms with van der Waals surface area (Å²) in [7, 11) is 0. The molecule has 0 bridgehead atoms. The van der Waals surface area contributed by atoms with Crippen LogP contribution in [0.25, 0.3) is 6.08 Å². The number of nitrogens with zero attached hydrogens (tertiary/aromatic N) is 1. The van der Waals surface area contributed by atoms with Crippen LogP contribution in [-0.4, -0.2) is 5.71 Å². The van der Waals surface area contributed by atoms with E-state index >= 15 is 0 Å². The summed E-state index contributed by atoms with van der Waals surface area (Å²) in [4.78, 5) is 4.38. The zero-order valence-electron chi connectivity index (χ0n) is 7.54. The Labute approximate surface area is 73.5 Å². The molecule has 0 unspecified atom stereocenters. The predicted molar refractivity (Wildman–Crippen MR) is 55.0 cm³/mol. The van der Waals surface area contributed by atoms with Crippen LogP contribution < -0.4 is 0 Å². The average Bonchev–Trinajstić information content (AvgIpc) is 2.04. The van der Waals surface area contributed by atoms with Gasteiger partial charge in [0.15, 0.2) is 0 Å². The number of rotatable bonds is 2. The molecule has 0 amide bonds. The molecule has 1 nitrogen and oxygen atoms in total. The molecule has 0 aromatic heterocycles. The first-order chi connectivity index (χ1) is 5.74. The van der Waals surface area contributed by atoms with Gasteiger partial charge in [-0.1, -0.05) is 30.9 Å². The third kappa shape index (κ3) is 2.06. The highest BCUT2D eigenvalue weighted by Crippen LogP contribution is 2.19. The van der Waals surface area contributed by atoms with Crippen LogP contribution >= 0.6 is 0 Å². The molecule has 0 spiro atoms. The van der Waals surface area contributed by atoms with Crippen LogP contribution in [-0.2, 0) is 0 Å². The summed E-state index contributed by atoms with van der Waals surface area (Å²) >= 11 is 0.